The van der Waals surface area contributed by atoms with Crippen LogP contribution in [-0.2, 0) is 6.54 Å². The lowest BCUT2D eigenvalue weighted by Crippen LogP contribution is -2.42. The molecule has 1 N–H and O–H groups in total. The van der Waals surface area contributed by atoms with Crippen LogP contribution in [0.15, 0.2) is 12.1 Å². The maximum atomic E-state index is 4.31. The Bertz CT molecular complexity index is 356. The van der Waals surface area contributed by atoms with E-state index in [-0.39, 0.29) is 0 Å². The number of nitrogens with zero attached hydrogens (tertiary/aromatic N) is 4. The van der Waals surface area contributed by atoms with E-state index in [1.54, 1.807) is 0 Å². The van der Waals surface area contributed by atoms with Gasteiger partial charge in [0.05, 0.1) is 5.69 Å². The molecule has 5 nitrogen and oxygen atoms in total. The molecule has 0 radical (unpaired) electrons. The lowest BCUT2D eigenvalue weighted by atomic mass is 10.0. The van der Waals surface area contributed by atoms with E-state index < -0.39 is 0 Å². The molecule has 1 saturated heterocycles. The number of rotatable bonds is 4. The summed E-state index contributed by atoms with van der Waals surface area (Å²) >= 11 is 0. The van der Waals surface area contributed by atoms with Crippen LogP contribution in [0.4, 0.5) is 5.82 Å². The van der Waals surface area contributed by atoms with E-state index in [0.29, 0.717) is 6.04 Å². The number of likely N-dealkylation sites (tertiary alicyclic amines) is 1. The van der Waals surface area contributed by atoms with Crippen molar-refractivity contribution in [3.8, 4) is 0 Å². The first-order valence-electron chi connectivity index (χ1n) is 6.59. The van der Waals surface area contributed by atoms with Crippen LogP contribution in [0.25, 0.3) is 0 Å². The standard InChI is InChI=1S/C13H23N5/c1-14-10-11-4-5-13(16-15-11)18(3)12-6-8-17(2)9-7-12/h4-5,12,14H,6-10H2,1-3H3. The monoisotopic (exact) mass is 249 g/mol. The Labute approximate surface area is 109 Å². The number of hydrogen-bond donors (Lipinski definition) is 1. The lowest BCUT2D eigenvalue weighted by molar-refractivity contribution is 0.252. The van der Waals surface area contributed by atoms with Gasteiger partial charge in [-0.1, -0.05) is 0 Å². The molecule has 0 bridgehead atoms. The highest BCUT2D eigenvalue weighted by atomic mass is 15.3. The number of hydrogen-bond acceptors (Lipinski definition) is 5. The zero-order chi connectivity index (χ0) is 13.0. The fourth-order valence-corrected chi connectivity index (χ4v) is 2.39. The highest BCUT2D eigenvalue weighted by molar-refractivity contribution is 5.37. The minimum atomic E-state index is 0.589. The largest absolute Gasteiger partial charge is 0.355 e. The van der Waals surface area contributed by atoms with Crippen LogP contribution in [-0.4, -0.2) is 55.4 Å². The highest BCUT2D eigenvalue weighted by Gasteiger charge is 2.21. The second-order valence-corrected chi connectivity index (χ2v) is 5.06. The van der Waals surface area contributed by atoms with Gasteiger partial charge in [0.25, 0.3) is 0 Å². The molecule has 1 fully saturated rings. The zero-order valence-electron chi connectivity index (χ0n) is 11.6. The Morgan fingerprint density at radius 1 is 1.33 bits per heavy atom. The molecule has 0 aliphatic carbocycles. The van der Waals surface area contributed by atoms with Crippen molar-refractivity contribution in [1.29, 1.82) is 0 Å². The van der Waals surface area contributed by atoms with Crippen LogP contribution in [0.3, 0.4) is 0 Å². The summed E-state index contributed by atoms with van der Waals surface area (Å²) < 4.78 is 0. The van der Waals surface area contributed by atoms with Gasteiger partial charge in [-0.25, -0.2) is 0 Å². The molecule has 2 heterocycles. The third-order valence-corrected chi connectivity index (χ3v) is 3.66. The lowest BCUT2D eigenvalue weighted by Gasteiger charge is -2.35. The number of anilines is 1. The van der Waals surface area contributed by atoms with Gasteiger partial charge in [0, 0.05) is 19.6 Å². The molecule has 0 saturated carbocycles. The molecule has 0 unspecified atom stereocenters. The van der Waals surface area contributed by atoms with Gasteiger partial charge < -0.3 is 15.1 Å². The maximum Gasteiger partial charge on any atom is 0.151 e. The van der Waals surface area contributed by atoms with E-state index in [2.05, 4.69) is 45.5 Å². The van der Waals surface area contributed by atoms with Gasteiger partial charge in [0.2, 0.25) is 0 Å². The molecule has 5 heteroatoms. The van der Waals surface area contributed by atoms with Gasteiger partial charge in [-0.05, 0) is 52.2 Å². The van der Waals surface area contributed by atoms with E-state index in [4.69, 9.17) is 0 Å². The molecule has 100 valence electrons. The van der Waals surface area contributed by atoms with Gasteiger partial charge in [0.15, 0.2) is 5.82 Å². The third kappa shape index (κ3) is 3.17. The van der Waals surface area contributed by atoms with E-state index >= 15 is 0 Å². The molecule has 0 aromatic carbocycles. The minimum absolute atomic E-state index is 0.589. The fourth-order valence-electron chi connectivity index (χ4n) is 2.39. The van der Waals surface area contributed by atoms with Gasteiger partial charge in [-0.2, -0.15) is 5.10 Å². The van der Waals surface area contributed by atoms with Crippen LogP contribution >= 0.6 is 0 Å². The topological polar surface area (TPSA) is 44.3 Å². The van der Waals surface area contributed by atoms with Gasteiger partial charge >= 0.3 is 0 Å². The summed E-state index contributed by atoms with van der Waals surface area (Å²) in [6.45, 7) is 3.10. The maximum absolute atomic E-state index is 4.31. The van der Waals surface area contributed by atoms with Crippen molar-refractivity contribution in [2.24, 2.45) is 0 Å². The Hall–Kier alpha value is -1.20. The van der Waals surface area contributed by atoms with Gasteiger partial charge in [-0.3, -0.25) is 0 Å². The second-order valence-electron chi connectivity index (χ2n) is 5.06. The van der Waals surface area contributed by atoms with Crippen LogP contribution in [0.1, 0.15) is 18.5 Å². The quantitative estimate of drug-likeness (QED) is 0.852. The molecule has 0 atom stereocenters. The van der Waals surface area contributed by atoms with E-state index in [0.717, 1.165) is 18.1 Å². The number of aromatic nitrogens is 2. The van der Waals surface area contributed by atoms with Crippen molar-refractivity contribution >= 4 is 5.82 Å². The van der Waals surface area contributed by atoms with Crippen molar-refractivity contribution in [3.63, 3.8) is 0 Å². The summed E-state index contributed by atoms with van der Waals surface area (Å²) in [4.78, 5) is 4.65. The average Bonchev–Trinajstić information content (AvgIpc) is 2.40. The SMILES string of the molecule is CNCc1ccc(N(C)C2CCN(C)CC2)nn1. The second kappa shape index (κ2) is 6.11. The summed E-state index contributed by atoms with van der Waals surface area (Å²) in [7, 11) is 6.22. The summed E-state index contributed by atoms with van der Waals surface area (Å²) in [5.74, 6) is 0.976. The molecule has 1 aliphatic rings. The number of nitrogens with one attached hydrogen (secondary N) is 1. The predicted molar refractivity (Wildman–Crippen MR) is 73.7 cm³/mol. The summed E-state index contributed by atoms with van der Waals surface area (Å²) in [5.41, 5.74) is 0.984. The summed E-state index contributed by atoms with van der Waals surface area (Å²) in [6.07, 6.45) is 2.40. The van der Waals surface area contributed by atoms with Crippen LogP contribution in [0, 0.1) is 0 Å². The Kier molecular flexibility index (Phi) is 4.49. The fraction of sp³-hybridized carbons (Fsp3) is 0.692. The van der Waals surface area contributed by atoms with Crippen LogP contribution < -0.4 is 10.2 Å². The molecule has 18 heavy (non-hydrogen) atoms. The first kappa shape index (κ1) is 13.2. The van der Waals surface area contributed by atoms with E-state index in [1.807, 2.05) is 13.1 Å². The van der Waals surface area contributed by atoms with Gasteiger partial charge in [0.1, 0.15) is 0 Å². The Morgan fingerprint density at radius 2 is 2.06 bits per heavy atom. The minimum Gasteiger partial charge on any atom is -0.355 e. The molecule has 2 rings (SSSR count). The average molecular weight is 249 g/mol. The molecule has 1 aromatic heterocycles. The van der Waals surface area contributed by atoms with Crippen molar-refractivity contribution in [2.45, 2.75) is 25.4 Å². The summed E-state index contributed by atoms with van der Waals surface area (Å²) in [5, 5.41) is 11.6. The molecule has 0 spiro atoms. The molecule has 0 amide bonds. The smallest absolute Gasteiger partial charge is 0.151 e. The van der Waals surface area contributed by atoms with Gasteiger partial charge in [-0.15, -0.1) is 5.10 Å². The Morgan fingerprint density at radius 3 is 2.61 bits per heavy atom. The van der Waals surface area contributed by atoms with Crippen molar-refractivity contribution in [2.75, 3.05) is 39.1 Å². The molecule has 1 aromatic rings. The van der Waals surface area contributed by atoms with Crippen molar-refractivity contribution < 1.29 is 0 Å². The molecular weight excluding hydrogens is 226 g/mol. The van der Waals surface area contributed by atoms with Crippen molar-refractivity contribution in [1.82, 2.24) is 20.4 Å². The zero-order valence-corrected chi connectivity index (χ0v) is 11.6. The predicted octanol–water partition coefficient (Wildman–Crippen LogP) is 0.726. The first-order valence-corrected chi connectivity index (χ1v) is 6.59. The van der Waals surface area contributed by atoms with Crippen molar-refractivity contribution in [3.05, 3.63) is 17.8 Å². The van der Waals surface area contributed by atoms with E-state index in [1.165, 1.54) is 25.9 Å². The Balaban J connectivity index is 1.97. The first-order chi connectivity index (χ1) is 8.70. The molecule has 1 aliphatic heterocycles. The normalized spacial score (nSPS) is 17.9. The summed E-state index contributed by atoms with van der Waals surface area (Å²) in [6, 6.07) is 4.70. The van der Waals surface area contributed by atoms with Crippen LogP contribution in [0.5, 0.6) is 0 Å². The van der Waals surface area contributed by atoms with E-state index in [9.17, 15) is 0 Å². The molecular formula is C13H23N5. The van der Waals surface area contributed by atoms with Crippen LogP contribution in [0.2, 0.25) is 0 Å². The third-order valence-electron chi connectivity index (χ3n) is 3.66. The highest BCUT2D eigenvalue weighted by Crippen LogP contribution is 2.19. The number of piperidine rings is 1.